The van der Waals surface area contributed by atoms with Crippen LogP contribution in [0, 0.1) is 0 Å². The van der Waals surface area contributed by atoms with Crippen molar-refractivity contribution in [3.05, 3.63) is 12.0 Å². The number of hydrogen-bond donors (Lipinski definition) is 2. The minimum atomic E-state index is -3.59. The van der Waals surface area contributed by atoms with Gasteiger partial charge in [0.05, 0.1) is 6.20 Å². The van der Waals surface area contributed by atoms with Gasteiger partial charge in [0.25, 0.3) is 10.0 Å². The average Bonchev–Trinajstić information content (AvgIpc) is 2.85. The summed E-state index contributed by atoms with van der Waals surface area (Å²) in [6.07, 6.45) is 2.78. The van der Waals surface area contributed by atoms with Gasteiger partial charge in [-0.3, -0.25) is 0 Å². The number of rotatable bonds is 7. The first-order valence-corrected chi connectivity index (χ1v) is 8.00. The number of sulfonamides is 1. The molecule has 0 spiro atoms. The van der Waals surface area contributed by atoms with Crippen molar-refractivity contribution in [3.8, 4) is 0 Å². The quantitative estimate of drug-likeness (QED) is 0.786. The molecule has 0 atom stereocenters. The number of imidazole rings is 1. The fourth-order valence-electron chi connectivity index (χ4n) is 1.83. The molecule has 0 saturated heterocycles. The van der Waals surface area contributed by atoms with Gasteiger partial charge in [0.15, 0.2) is 5.03 Å². The van der Waals surface area contributed by atoms with Crippen molar-refractivity contribution < 1.29 is 8.42 Å². The number of aromatic amines is 1. The first kappa shape index (κ1) is 16.1. The predicted molar refractivity (Wildman–Crippen MR) is 75.3 cm³/mol. The Bertz CT molecular complexity index is 508. The van der Waals surface area contributed by atoms with Gasteiger partial charge in [-0.2, -0.15) is 4.31 Å². The largest absolute Gasteiger partial charge is 0.332 e. The summed E-state index contributed by atoms with van der Waals surface area (Å²) in [5, 5.41) is 0.138. The van der Waals surface area contributed by atoms with Gasteiger partial charge in [0.1, 0.15) is 5.82 Å². The van der Waals surface area contributed by atoms with Crippen LogP contribution in [0.4, 0.5) is 0 Å². The number of nitrogens with zero attached hydrogens (tertiary/aromatic N) is 2. The highest BCUT2D eigenvalue weighted by molar-refractivity contribution is 7.89. The molecule has 0 aliphatic heterocycles. The molecule has 7 heteroatoms. The first-order valence-electron chi connectivity index (χ1n) is 6.56. The Hall–Kier alpha value is -0.920. The molecule has 0 bridgehead atoms. The number of nitrogens with one attached hydrogen (secondary N) is 1. The maximum absolute atomic E-state index is 12.7. The average molecular weight is 288 g/mol. The lowest BCUT2D eigenvalue weighted by Gasteiger charge is -2.35. The molecular formula is C12H24N4O2S. The molecule has 1 aromatic rings. The van der Waals surface area contributed by atoms with Crippen molar-refractivity contribution >= 4 is 10.0 Å². The Morgan fingerprint density at radius 1 is 1.42 bits per heavy atom. The van der Waals surface area contributed by atoms with Crippen molar-refractivity contribution in [1.82, 2.24) is 14.3 Å². The third-order valence-electron chi connectivity index (χ3n) is 3.11. The summed E-state index contributed by atoms with van der Waals surface area (Å²) in [6.45, 7) is 8.23. The Morgan fingerprint density at radius 3 is 2.47 bits per heavy atom. The summed E-state index contributed by atoms with van der Waals surface area (Å²) < 4.78 is 26.8. The minimum Gasteiger partial charge on any atom is -0.332 e. The van der Waals surface area contributed by atoms with Crippen molar-refractivity contribution in [2.45, 2.75) is 51.1 Å². The summed E-state index contributed by atoms with van der Waals surface area (Å²) in [5.74, 6) is 0.667. The second kappa shape index (κ2) is 6.02. The molecule has 1 heterocycles. The van der Waals surface area contributed by atoms with Crippen molar-refractivity contribution in [2.75, 3.05) is 13.1 Å². The van der Waals surface area contributed by atoms with Gasteiger partial charge < -0.3 is 10.7 Å². The van der Waals surface area contributed by atoms with E-state index < -0.39 is 15.6 Å². The van der Waals surface area contributed by atoms with Crippen LogP contribution >= 0.6 is 0 Å². The molecule has 19 heavy (non-hydrogen) atoms. The molecule has 6 nitrogen and oxygen atoms in total. The number of nitrogens with two attached hydrogens (primary N) is 1. The molecule has 0 radical (unpaired) electrons. The van der Waals surface area contributed by atoms with Crippen LogP contribution in [0.25, 0.3) is 0 Å². The van der Waals surface area contributed by atoms with E-state index in [1.807, 2.05) is 27.7 Å². The number of aryl methyl sites for hydroxylation is 1. The standard InChI is InChI=1S/C12H24N4O2S/c1-5-7-16(12(3,4)9-13)19(17,18)11-8-14-10(6-2)15-11/h8H,5-7,9,13H2,1-4H3,(H,14,15). The van der Waals surface area contributed by atoms with Gasteiger partial charge in [0, 0.05) is 25.0 Å². The Labute approximate surface area is 115 Å². The smallest absolute Gasteiger partial charge is 0.260 e. The second-order valence-electron chi connectivity index (χ2n) is 5.14. The van der Waals surface area contributed by atoms with Crippen LogP contribution in [-0.4, -0.2) is 41.3 Å². The summed E-state index contributed by atoms with van der Waals surface area (Å²) in [5.41, 5.74) is 5.09. The lowest BCUT2D eigenvalue weighted by Crippen LogP contribution is -2.52. The monoisotopic (exact) mass is 288 g/mol. The van der Waals surface area contributed by atoms with Crippen LogP contribution in [0.5, 0.6) is 0 Å². The molecule has 0 fully saturated rings. The molecule has 0 aromatic carbocycles. The van der Waals surface area contributed by atoms with Crippen molar-refractivity contribution in [2.24, 2.45) is 5.73 Å². The van der Waals surface area contributed by atoms with Crippen molar-refractivity contribution in [3.63, 3.8) is 0 Å². The van der Waals surface area contributed by atoms with E-state index in [2.05, 4.69) is 9.97 Å². The molecular weight excluding hydrogens is 264 g/mol. The minimum absolute atomic E-state index is 0.138. The summed E-state index contributed by atoms with van der Waals surface area (Å²) in [7, 11) is -3.59. The van der Waals surface area contributed by atoms with Crippen LogP contribution < -0.4 is 5.73 Å². The number of aromatic nitrogens is 2. The van der Waals surface area contributed by atoms with Gasteiger partial charge in [-0.25, -0.2) is 13.4 Å². The van der Waals surface area contributed by atoms with Crippen LogP contribution in [-0.2, 0) is 16.4 Å². The highest BCUT2D eigenvalue weighted by Crippen LogP contribution is 2.23. The van der Waals surface area contributed by atoms with Gasteiger partial charge in [-0.1, -0.05) is 13.8 Å². The Kier molecular flexibility index (Phi) is 5.11. The van der Waals surface area contributed by atoms with Gasteiger partial charge in [-0.15, -0.1) is 0 Å². The van der Waals surface area contributed by atoms with Crippen LogP contribution in [0.1, 0.15) is 39.9 Å². The molecule has 0 saturated carbocycles. The van der Waals surface area contributed by atoms with Crippen LogP contribution in [0.3, 0.4) is 0 Å². The van der Waals surface area contributed by atoms with Gasteiger partial charge >= 0.3 is 0 Å². The fraction of sp³-hybridized carbons (Fsp3) is 0.750. The maximum Gasteiger partial charge on any atom is 0.260 e. The SMILES string of the molecule is CCCN(C(C)(C)CN)S(=O)(=O)c1cnc(CC)[nH]1. The molecule has 0 unspecified atom stereocenters. The normalized spacial score (nSPS) is 13.2. The third kappa shape index (κ3) is 3.34. The molecule has 0 aliphatic rings. The fourth-order valence-corrected chi connectivity index (χ4v) is 3.64. The summed E-state index contributed by atoms with van der Waals surface area (Å²) in [6, 6.07) is 0. The first-order chi connectivity index (χ1) is 8.79. The van der Waals surface area contributed by atoms with Gasteiger partial charge in [0.2, 0.25) is 0 Å². The zero-order valence-corrected chi connectivity index (χ0v) is 12.9. The highest BCUT2D eigenvalue weighted by atomic mass is 32.2. The molecule has 1 rings (SSSR count). The highest BCUT2D eigenvalue weighted by Gasteiger charge is 2.36. The molecule has 110 valence electrons. The maximum atomic E-state index is 12.7. The van der Waals surface area contributed by atoms with E-state index in [4.69, 9.17) is 5.73 Å². The van der Waals surface area contributed by atoms with E-state index in [0.717, 1.165) is 6.42 Å². The lowest BCUT2D eigenvalue weighted by atomic mass is 10.1. The number of H-pyrrole nitrogens is 1. The topological polar surface area (TPSA) is 92.1 Å². The van der Waals surface area contributed by atoms with Gasteiger partial charge in [-0.05, 0) is 20.3 Å². The summed E-state index contributed by atoms with van der Waals surface area (Å²) >= 11 is 0. The van der Waals surface area contributed by atoms with E-state index in [-0.39, 0.29) is 11.6 Å². The Balaban J connectivity index is 3.20. The zero-order chi connectivity index (χ0) is 14.7. The van der Waals surface area contributed by atoms with E-state index in [1.165, 1.54) is 10.5 Å². The Morgan fingerprint density at radius 2 is 2.05 bits per heavy atom. The van der Waals surface area contributed by atoms with Crippen LogP contribution in [0.2, 0.25) is 0 Å². The molecule has 1 aromatic heterocycles. The zero-order valence-electron chi connectivity index (χ0n) is 12.1. The predicted octanol–water partition coefficient (Wildman–Crippen LogP) is 1.11. The number of hydrogen-bond acceptors (Lipinski definition) is 4. The molecule has 0 amide bonds. The molecule has 0 aliphatic carbocycles. The second-order valence-corrected chi connectivity index (χ2v) is 6.97. The third-order valence-corrected chi connectivity index (χ3v) is 5.13. The van der Waals surface area contributed by atoms with Crippen molar-refractivity contribution in [1.29, 1.82) is 0 Å². The van der Waals surface area contributed by atoms with E-state index in [0.29, 0.717) is 18.8 Å². The van der Waals surface area contributed by atoms with E-state index in [1.54, 1.807) is 0 Å². The van der Waals surface area contributed by atoms with E-state index >= 15 is 0 Å². The summed E-state index contributed by atoms with van der Waals surface area (Å²) in [4.78, 5) is 6.92. The molecule has 3 N–H and O–H groups in total. The van der Waals surface area contributed by atoms with E-state index in [9.17, 15) is 8.42 Å². The van der Waals surface area contributed by atoms with Crippen LogP contribution in [0.15, 0.2) is 11.2 Å². The lowest BCUT2D eigenvalue weighted by molar-refractivity contribution is 0.234.